The average molecular weight is 653 g/mol. The van der Waals surface area contributed by atoms with Gasteiger partial charge in [0.25, 0.3) is 5.91 Å². The van der Waals surface area contributed by atoms with Gasteiger partial charge in [0.05, 0.1) is 34.0 Å². The maximum atomic E-state index is 13.8. The highest BCUT2D eigenvalue weighted by Crippen LogP contribution is 2.34. The van der Waals surface area contributed by atoms with Gasteiger partial charge in [-0.2, -0.15) is 26.3 Å². The van der Waals surface area contributed by atoms with E-state index in [2.05, 4.69) is 15.3 Å². The predicted octanol–water partition coefficient (Wildman–Crippen LogP) is 6.17. The highest BCUT2D eigenvalue weighted by molar-refractivity contribution is 7.90. The van der Waals surface area contributed by atoms with E-state index in [9.17, 15) is 43.9 Å². The number of fused-ring (bicyclic) bond motifs is 2. The van der Waals surface area contributed by atoms with Crippen molar-refractivity contribution in [3.63, 3.8) is 0 Å². The number of nitrogens with one attached hydrogen (secondary N) is 1. The molecule has 0 unspecified atom stereocenters. The molecule has 0 radical (unpaired) electrons. The van der Waals surface area contributed by atoms with Crippen molar-refractivity contribution in [1.82, 2.24) is 20.2 Å². The lowest BCUT2D eigenvalue weighted by Crippen LogP contribution is -2.26. The van der Waals surface area contributed by atoms with Crippen LogP contribution in [0.1, 0.15) is 44.0 Å². The zero-order valence-electron chi connectivity index (χ0n) is 23.3. The standard InChI is InChI=1S/C22H16F4N2O3S.C8H7F3N2/c1-32(30,31)17-5-6-18(13-3-2-4-16(23)8-13)19(9-17)21(29)28-11-14-7-15(22(24,25)26)10-27-20(14)12-28;9-8(10,11)6-1-5-2-12-4-7(5)13-3-6/h2-10H,11-12H2,1H3;1,3,12H,2,4H2. The molecule has 4 heterocycles. The fourth-order valence-corrected chi connectivity index (χ4v) is 5.54. The second-order valence-corrected chi connectivity index (χ2v) is 12.4. The number of sulfone groups is 1. The summed E-state index contributed by atoms with van der Waals surface area (Å²) in [5, 5.41) is 2.94. The van der Waals surface area contributed by atoms with Gasteiger partial charge < -0.3 is 10.2 Å². The molecule has 0 saturated carbocycles. The van der Waals surface area contributed by atoms with E-state index < -0.39 is 45.0 Å². The number of hydrogen-bond acceptors (Lipinski definition) is 6. The summed E-state index contributed by atoms with van der Waals surface area (Å²) < 4.78 is 113. The number of carbonyl (C=O) groups excluding carboxylic acids is 1. The quantitative estimate of drug-likeness (QED) is 0.266. The van der Waals surface area contributed by atoms with E-state index in [1.54, 1.807) is 6.07 Å². The molecule has 1 amide bonds. The highest BCUT2D eigenvalue weighted by atomic mass is 32.2. The molecular formula is C30H23F7N4O3S. The number of alkyl halides is 6. The number of halogens is 7. The van der Waals surface area contributed by atoms with E-state index in [-0.39, 0.29) is 29.1 Å². The molecule has 2 aromatic carbocycles. The van der Waals surface area contributed by atoms with Gasteiger partial charge in [-0.25, -0.2) is 12.8 Å². The number of aromatic nitrogens is 2. The number of rotatable bonds is 3. The first kappa shape index (κ1) is 32.0. The van der Waals surface area contributed by atoms with Crippen LogP contribution in [0.5, 0.6) is 0 Å². The van der Waals surface area contributed by atoms with Gasteiger partial charge in [-0.15, -0.1) is 0 Å². The second-order valence-electron chi connectivity index (χ2n) is 10.4. The summed E-state index contributed by atoms with van der Waals surface area (Å²) in [6, 6.07) is 11.5. The van der Waals surface area contributed by atoms with Gasteiger partial charge in [-0.05, 0) is 58.7 Å². The summed E-state index contributed by atoms with van der Waals surface area (Å²) in [5.41, 5.74) is 1.05. The number of carbonyl (C=O) groups is 1. The lowest BCUT2D eigenvalue weighted by molar-refractivity contribution is -0.138. The SMILES string of the molecule is CS(=O)(=O)c1ccc(-c2cccc(F)c2)c(C(=O)N2Cc3cc(C(F)(F)F)cnc3C2)c1.FC(F)(F)c1cnc2c(c1)CNC2. The predicted molar refractivity (Wildman–Crippen MR) is 148 cm³/mol. The fourth-order valence-electron chi connectivity index (χ4n) is 4.89. The lowest BCUT2D eigenvalue weighted by Gasteiger charge is -2.18. The minimum atomic E-state index is -4.56. The Morgan fingerprint density at radius 1 is 0.822 bits per heavy atom. The van der Waals surface area contributed by atoms with Crippen LogP contribution in [0.3, 0.4) is 0 Å². The molecule has 236 valence electrons. The number of benzene rings is 2. The maximum absolute atomic E-state index is 13.8. The molecule has 0 saturated heterocycles. The molecule has 0 spiro atoms. The molecule has 2 aliphatic rings. The third kappa shape index (κ3) is 7.14. The van der Waals surface area contributed by atoms with E-state index in [0.717, 1.165) is 30.8 Å². The van der Waals surface area contributed by atoms with E-state index in [4.69, 9.17) is 0 Å². The summed E-state index contributed by atoms with van der Waals surface area (Å²) >= 11 is 0. The number of hydrogen-bond donors (Lipinski definition) is 1. The molecule has 2 aromatic heterocycles. The third-order valence-corrected chi connectivity index (χ3v) is 8.27. The molecule has 6 rings (SSSR count). The topological polar surface area (TPSA) is 92.3 Å². The van der Waals surface area contributed by atoms with Crippen LogP contribution in [0, 0.1) is 5.82 Å². The van der Waals surface area contributed by atoms with Crippen molar-refractivity contribution in [1.29, 1.82) is 0 Å². The van der Waals surface area contributed by atoms with Gasteiger partial charge >= 0.3 is 12.4 Å². The molecule has 0 fully saturated rings. The molecule has 7 nitrogen and oxygen atoms in total. The van der Waals surface area contributed by atoms with Crippen molar-refractivity contribution in [2.45, 2.75) is 43.4 Å². The van der Waals surface area contributed by atoms with Gasteiger partial charge in [0.2, 0.25) is 0 Å². The van der Waals surface area contributed by atoms with Crippen molar-refractivity contribution in [2.75, 3.05) is 6.26 Å². The first-order valence-corrected chi connectivity index (χ1v) is 15.1. The molecule has 4 aromatic rings. The van der Waals surface area contributed by atoms with E-state index >= 15 is 0 Å². The average Bonchev–Trinajstić information content (AvgIpc) is 3.62. The van der Waals surface area contributed by atoms with Crippen LogP contribution in [-0.2, 0) is 48.4 Å². The molecule has 45 heavy (non-hydrogen) atoms. The van der Waals surface area contributed by atoms with Crippen molar-refractivity contribution >= 4 is 15.7 Å². The van der Waals surface area contributed by atoms with Crippen LogP contribution in [0.2, 0.25) is 0 Å². The van der Waals surface area contributed by atoms with E-state index in [1.165, 1.54) is 41.3 Å². The van der Waals surface area contributed by atoms with E-state index in [0.29, 0.717) is 41.2 Å². The maximum Gasteiger partial charge on any atom is 0.417 e. The smallest absolute Gasteiger partial charge is 0.328 e. The van der Waals surface area contributed by atoms with Gasteiger partial charge in [0, 0.05) is 43.8 Å². The van der Waals surface area contributed by atoms with Crippen molar-refractivity contribution in [2.24, 2.45) is 0 Å². The molecule has 15 heteroatoms. The van der Waals surface area contributed by atoms with Crippen LogP contribution in [0.15, 0.2) is 71.9 Å². The fraction of sp³-hybridized carbons (Fsp3) is 0.233. The minimum absolute atomic E-state index is 0.00220. The van der Waals surface area contributed by atoms with Gasteiger partial charge in [-0.1, -0.05) is 18.2 Å². The molecule has 0 bridgehead atoms. The Morgan fingerprint density at radius 3 is 2.09 bits per heavy atom. The van der Waals surface area contributed by atoms with Gasteiger partial charge in [0.1, 0.15) is 5.82 Å². The first-order valence-electron chi connectivity index (χ1n) is 13.2. The Hall–Kier alpha value is -4.37. The zero-order chi connectivity index (χ0) is 32.7. The van der Waals surface area contributed by atoms with Crippen molar-refractivity contribution in [3.05, 3.63) is 112 Å². The number of pyridine rings is 2. The molecule has 1 N–H and O–H groups in total. The second kappa shape index (κ2) is 11.9. The summed E-state index contributed by atoms with van der Waals surface area (Å²) in [6.07, 6.45) is -6.26. The lowest BCUT2D eigenvalue weighted by atomic mass is 9.98. The Morgan fingerprint density at radius 2 is 1.47 bits per heavy atom. The largest absolute Gasteiger partial charge is 0.417 e. The Kier molecular flexibility index (Phi) is 8.44. The third-order valence-electron chi connectivity index (χ3n) is 7.16. The van der Waals surface area contributed by atoms with Crippen molar-refractivity contribution in [3.8, 4) is 11.1 Å². The Bertz CT molecular complexity index is 1890. The molecular weight excluding hydrogens is 629 g/mol. The van der Waals surface area contributed by atoms with E-state index in [1.807, 2.05) is 0 Å². The first-order chi connectivity index (χ1) is 21.0. The molecule has 0 atom stereocenters. The van der Waals surface area contributed by atoms with Gasteiger partial charge in [-0.3, -0.25) is 14.8 Å². The van der Waals surface area contributed by atoms with Crippen LogP contribution >= 0.6 is 0 Å². The number of nitrogens with zero attached hydrogens (tertiary/aromatic N) is 3. The molecule has 2 aliphatic heterocycles. The van der Waals surface area contributed by atoms with Gasteiger partial charge in [0.15, 0.2) is 9.84 Å². The minimum Gasteiger partial charge on any atom is -0.328 e. The normalized spacial score (nSPS) is 14.4. The monoisotopic (exact) mass is 652 g/mol. The van der Waals surface area contributed by atoms with Crippen LogP contribution < -0.4 is 5.32 Å². The molecule has 0 aliphatic carbocycles. The van der Waals surface area contributed by atoms with Crippen LogP contribution in [0.25, 0.3) is 11.1 Å². The van der Waals surface area contributed by atoms with Crippen molar-refractivity contribution < 1.29 is 43.9 Å². The summed E-state index contributed by atoms with van der Waals surface area (Å²) in [5.74, 6) is -1.13. The Labute approximate surface area is 252 Å². The highest BCUT2D eigenvalue weighted by Gasteiger charge is 2.35. The van der Waals surface area contributed by atoms with Crippen LogP contribution in [-0.4, -0.2) is 35.4 Å². The summed E-state index contributed by atoms with van der Waals surface area (Å²) in [4.78, 5) is 22.1. The number of amides is 1. The summed E-state index contributed by atoms with van der Waals surface area (Å²) in [7, 11) is -3.65. The van der Waals surface area contributed by atoms with Crippen LogP contribution in [0.4, 0.5) is 30.7 Å². The Balaban J connectivity index is 0.000000256. The summed E-state index contributed by atoms with van der Waals surface area (Å²) in [6.45, 7) is 0.897. The zero-order valence-corrected chi connectivity index (χ0v) is 24.1.